The average molecular weight is 246 g/mol. The number of hydrogen-bond acceptors (Lipinski definition) is 2. The van der Waals surface area contributed by atoms with Gasteiger partial charge in [0.2, 0.25) is 0 Å². The maximum absolute atomic E-state index is 7.84. The van der Waals surface area contributed by atoms with Gasteiger partial charge in [-0.2, -0.15) is 5.10 Å². The summed E-state index contributed by atoms with van der Waals surface area (Å²) >= 11 is 2.97. The topological polar surface area (TPSA) is 30.7 Å². The molecule has 2 aromatic heterocycles. The quantitative estimate of drug-likeness (QED) is 0.773. The molecule has 0 fully saturated rings. The first-order valence-corrected chi connectivity index (χ1v) is 4.05. The van der Waals surface area contributed by atoms with Gasteiger partial charge in [0.25, 0.3) is 0 Å². The standard InChI is InChI=1S/C9H8BrN3/c1-7-3-5-13(12-7)9-6-8(10)2-4-11-9/h2-6H,1H3/i1D3,2D,3D,4D,5D,6D. The van der Waals surface area contributed by atoms with Crippen LogP contribution in [-0.4, -0.2) is 14.8 Å². The van der Waals surface area contributed by atoms with Gasteiger partial charge in [0.1, 0.15) is 0 Å². The normalized spacial score (nSPS) is 20.1. The summed E-state index contributed by atoms with van der Waals surface area (Å²) in [6, 6.07) is -1.21. The van der Waals surface area contributed by atoms with Crippen molar-refractivity contribution in [1.29, 1.82) is 0 Å². The third-order valence-corrected chi connectivity index (χ3v) is 1.63. The van der Waals surface area contributed by atoms with Crippen LogP contribution in [0.25, 0.3) is 5.82 Å². The lowest BCUT2D eigenvalue weighted by Crippen LogP contribution is -1.97. The first-order valence-electron chi connectivity index (χ1n) is 7.26. The third-order valence-electron chi connectivity index (χ3n) is 1.23. The van der Waals surface area contributed by atoms with Gasteiger partial charge >= 0.3 is 0 Å². The van der Waals surface area contributed by atoms with Crippen LogP contribution in [0.15, 0.2) is 34.9 Å². The molecular formula is C9H8BrN3. The Morgan fingerprint density at radius 2 is 2.54 bits per heavy atom. The molecule has 13 heavy (non-hydrogen) atoms. The molecule has 0 aliphatic heterocycles. The smallest absolute Gasteiger partial charge is 0.154 e. The molecule has 0 aliphatic rings. The number of pyridine rings is 1. The molecule has 0 atom stereocenters. The summed E-state index contributed by atoms with van der Waals surface area (Å²) in [5.41, 5.74) is -0.577. The van der Waals surface area contributed by atoms with E-state index in [1.807, 2.05) is 0 Å². The van der Waals surface area contributed by atoms with Gasteiger partial charge in [-0.15, -0.1) is 0 Å². The molecule has 4 heteroatoms. The van der Waals surface area contributed by atoms with Crippen LogP contribution >= 0.6 is 15.9 Å². The molecule has 0 saturated carbocycles. The van der Waals surface area contributed by atoms with E-state index < -0.39 is 30.9 Å². The van der Waals surface area contributed by atoms with Gasteiger partial charge in [-0.1, -0.05) is 15.9 Å². The van der Waals surface area contributed by atoms with Crippen LogP contribution in [0.5, 0.6) is 0 Å². The van der Waals surface area contributed by atoms with Crippen molar-refractivity contribution in [3.05, 3.63) is 40.6 Å². The molecule has 66 valence electrons. The van der Waals surface area contributed by atoms with E-state index in [1.54, 1.807) is 0 Å². The van der Waals surface area contributed by atoms with Crippen LogP contribution < -0.4 is 0 Å². The summed E-state index contributed by atoms with van der Waals surface area (Å²) in [7, 11) is 0. The molecule has 0 unspecified atom stereocenters. The van der Waals surface area contributed by atoms with Crippen molar-refractivity contribution in [2.75, 3.05) is 0 Å². The van der Waals surface area contributed by atoms with Crippen molar-refractivity contribution in [1.82, 2.24) is 14.8 Å². The van der Waals surface area contributed by atoms with E-state index in [2.05, 4.69) is 26.0 Å². The highest BCUT2D eigenvalue weighted by Crippen LogP contribution is 2.12. The average Bonchev–Trinajstić information content (AvgIpc) is 2.68. The van der Waals surface area contributed by atoms with Crippen LogP contribution in [0.4, 0.5) is 0 Å². The molecule has 0 N–H and O–H groups in total. The second-order valence-corrected chi connectivity index (χ2v) is 2.90. The Bertz CT molecular complexity index is 723. The SMILES string of the molecule is [2H]c1nc(-n2nc(C([2H])([2H])[2H])c([2H])c2[2H])c([2H])c(Br)c1[2H]. The molecule has 0 spiro atoms. The van der Waals surface area contributed by atoms with Gasteiger partial charge in [0.05, 0.1) is 12.5 Å². The lowest BCUT2D eigenvalue weighted by Gasteiger charge is -1.99. The minimum atomic E-state index is -2.67. The monoisotopic (exact) mass is 245 g/mol. The maximum Gasteiger partial charge on any atom is 0.154 e. The Labute approximate surface area is 95.8 Å². The number of rotatable bonds is 1. The molecule has 3 nitrogen and oxygen atoms in total. The van der Waals surface area contributed by atoms with Gasteiger partial charge in [-0.25, -0.2) is 9.67 Å². The summed E-state index contributed by atoms with van der Waals surface area (Å²) in [5.74, 6) is -0.281. The van der Waals surface area contributed by atoms with E-state index in [0.717, 1.165) is 0 Å². The predicted molar refractivity (Wildman–Crippen MR) is 53.8 cm³/mol. The van der Waals surface area contributed by atoms with Gasteiger partial charge in [0.15, 0.2) is 5.82 Å². The fourth-order valence-corrected chi connectivity index (χ4v) is 1.01. The Kier molecular flexibility index (Phi) is 0.813. The molecule has 0 saturated heterocycles. The number of nitrogens with zero attached hydrogens (tertiary/aromatic N) is 3. The van der Waals surface area contributed by atoms with Gasteiger partial charge < -0.3 is 0 Å². The summed E-state index contributed by atoms with van der Waals surface area (Å²) in [6.45, 7) is -2.67. The van der Waals surface area contributed by atoms with E-state index in [1.165, 1.54) is 0 Å². The number of aryl methyl sites for hydroxylation is 1. The first kappa shape index (κ1) is 3.20. The lowest BCUT2D eigenvalue weighted by molar-refractivity contribution is 0.831. The van der Waals surface area contributed by atoms with Crippen molar-refractivity contribution in [2.24, 2.45) is 0 Å². The van der Waals surface area contributed by atoms with Crippen LogP contribution in [0, 0.1) is 6.85 Å². The van der Waals surface area contributed by atoms with Gasteiger partial charge in [0, 0.05) is 20.9 Å². The largest absolute Gasteiger partial charge is 0.237 e. The zero-order chi connectivity index (χ0) is 16.1. The van der Waals surface area contributed by atoms with Crippen molar-refractivity contribution >= 4 is 15.9 Å². The fraction of sp³-hybridized carbons (Fsp3) is 0.111. The lowest BCUT2D eigenvalue weighted by atomic mass is 10.5. The minimum Gasteiger partial charge on any atom is -0.237 e. The van der Waals surface area contributed by atoms with E-state index >= 15 is 0 Å². The van der Waals surface area contributed by atoms with Crippen molar-refractivity contribution < 1.29 is 11.0 Å². The van der Waals surface area contributed by atoms with Crippen molar-refractivity contribution in [2.45, 2.75) is 6.85 Å². The first-order chi connectivity index (χ1) is 9.55. The van der Waals surface area contributed by atoms with E-state index in [9.17, 15) is 0 Å². The highest BCUT2D eigenvalue weighted by atomic mass is 79.9. The fourth-order valence-electron chi connectivity index (χ4n) is 0.744. The van der Waals surface area contributed by atoms with E-state index in [0.29, 0.717) is 4.68 Å². The maximum atomic E-state index is 7.84. The van der Waals surface area contributed by atoms with E-state index in [4.69, 9.17) is 11.0 Å². The molecular weight excluding hydrogens is 230 g/mol. The van der Waals surface area contributed by atoms with Crippen molar-refractivity contribution in [3.8, 4) is 5.82 Å². The molecule has 2 aromatic rings. The summed E-state index contributed by atoms with van der Waals surface area (Å²) < 4.78 is 60.8. The molecule has 2 heterocycles. The Hall–Kier alpha value is -1.16. The van der Waals surface area contributed by atoms with Crippen LogP contribution in [-0.2, 0) is 0 Å². The van der Waals surface area contributed by atoms with Crippen molar-refractivity contribution in [3.63, 3.8) is 0 Å². The molecule has 0 aromatic carbocycles. The molecule has 2 rings (SSSR count). The number of halogens is 1. The zero-order valence-corrected chi connectivity index (χ0v) is 7.81. The highest BCUT2D eigenvalue weighted by molar-refractivity contribution is 9.10. The molecule has 0 amide bonds. The zero-order valence-electron chi connectivity index (χ0n) is 14.2. The van der Waals surface area contributed by atoms with Crippen LogP contribution in [0.3, 0.4) is 0 Å². The van der Waals surface area contributed by atoms with Gasteiger partial charge in [-0.05, 0) is 25.0 Å². The van der Waals surface area contributed by atoms with Gasteiger partial charge in [-0.3, -0.25) is 0 Å². The highest BCUT2D eigenvalue weighted by Gasteiger charge is 1.98. The second kappa shape index (κ2) is 3.30. The summed E-state index contributed by atoms with van der Waals surface area (Å²) in [6.07, 6.45) is -1.00. The number of aromatic nitrogens is 3. The Morgan fingerprint density at radius 3 is 3.31 bits per heavy atom. The van der Waals surface area contributed by atoms with Crippen LogP contribution in [0.1, 0.15) is 16.7 Å². The summed E-state index contributed by atoms with van der Waals surface area (Å²) in [5, 5.41) is 3.65. The van der Waals surface area contributed by atoms with E-state index in [-0.39, 0.29) is 22.4 Å². The third kappa shape index (κ3) is 1.78. The molecule has 0 bridgehead atoms. The predicted octanol–water partition coefficient (Wildman–Crippen LogP) is 2.34. The Morgan fingerprint density at radius 1 is 1.62 bits per heavy atom. The second-order valence-electron chi connectivity index (χ2n) is 2.11. The Balaban J connectivity index is 2.75. The van der Waals surface area contributed by atoms with Crippen LogP contribution in [0.2, 0.25) is 0 Å². The summed E-state index contributed by atoms with van der Waals surface area (Å²) in [4.78, 5) is 3.68. The molecule has 0 aliphatic carbocycles. The number of hydrogen-bond donors (Lipinski definition) is 0. The minimum absolute atomic E-state index is 0.0191. The molecule has 0 radical (unpaired) electrons.